The fraction of sp³-hybridized carbons (Fsp3) is 0.333. The van der Waals surface area contributed by atoms with Gasteiger partial charge in [-0.15, -0.1) is 11.3 Å². The van der Waals surface area contributed by atoms with Gasteiger partial charge < -0.3 is 14.8 Å². The molecular formula is C21H23NO6S. The van der Waals surface area contributed by atoms with E-state index in [0.29, 0.717) is 16.1 Å². The highest BCUT2D eigenvalue weighted by molar-refractivity contribution is 7.14. The van der Waals surface area contributed by atoms with Crippen LogP contribution in [0, 0.1) is 6.92 Å². The molecule has 0 spiro atoms. The second-order valence-corrected chi connectivity index (χ2v) is 7.86. The zero-order valence-corrected chi connectivity index (χ0v) is 17.3. The SMILES string of the molecule is Cc1ccc(C(=O)CCC(=O)OCC(=O)Nc2ccc(C(=O)OC(C)C)cc2)s1. The lowest BCUT2D eigenvalue weighted by Crippen LogP contribution is -2.21. The van der Waals surface area contributed by atoms with Gasteiger partial charge in [-0.25, -0.2) is 4.79 Å². The Labute approximate surface area is 173 Å². The second kappa shape index (κ2) is 10.5. The van der Waals surface area contributed by atoms with Gasteiger partial charge in [0.05, 0.1) is 23.0 Å². The van der Waals surface area contributed by atoms with Crippen molar-refractivity contribution in [1.29, 1.82) is 0 Å². The number of carbonyl (C=O) groups is 4. The topological polar surface area (TPSA) is 98.8 Å². The normalized spacial score (nSPS) is 10.5. The molecule has 0 radical (unpaired) electrons. The number of esters is 2. The highest BCUT2D eigenvalue weighted by Crippen LogP contribution is 2.17. The quantitative estimate of drug-likeness (QED) is 0.493. The van der Waals surface area contributed by atoms with Gasteiger partial charge in [-0.3, -0.25) is 14.4 Å². The largest absolute Gasteiger partial charge is 0.459 e. The zero-order valence-electron chi connectivity index (χ0n) is 16.5. The first kappa shape index (κ1) is 22.3. The van der Waals surface area contributed by atoms with Crippen LogP contribution in [0.25, 0.3) is 0 Å². The molecule has 2 aromatic rings. The van der Waals surface area contributed by atoms with Crippen LogP contribution in [0.3, 0.4) is 0 Å². The van der Waals surface area contributed by atoms with E-state index in [1.165, 1.54) is 23.5 Å². The molecule has 0 atom stereocenters. The van der Waals surface area contributed by atoms with Crippen LogP contribution in [0.4, 0.5) is 5.69 Å². The van der Waals surface area contributed by atoms with Crippen molar-refractivity contribution in [2.45, 2.75) is 39.7 Å². The zero-order chi connectivity index (χ0) is 21.4. The van der Waals surface area contributed by atoms with Gasteiger partial charge in [-0.1, -0.05) is 0 Å². The smallest absolute Gasteiger partial charge is 0.338 e. The minimum atomic E-state index is -0.617. The van der Waals surface area contributed by atoms with Gasteiger partial charge in [-0.05, 0) is 57.2 Å². The van der Waals surface area contributed by atoms with E-state index in [1.54, 1.807) is 32.0 Å². The number of hydrogen-bond donors (Lipinski definition) is 1. The van der Waals surface area contributed by atoms with E-state index < -0.39 is 24.5 Å². The number of anilines is 1. The molecule has 0 aliphatic carbocycles. The van der Waals surface area contributed by atoms with E-state index in [-0.39, 0.29) is 24.7 Å². The number of nitrogens with one attached hydrogen (secondary N) is 1. The summed E-state index contributed by atoms with van der Waals surface area (Å²) >= 11 is 1.38. The molecule has 1 aromatic carbocycles. The molecular weight excluding hydrogens is 394 g/mol. The second-order valence-electron chi connectivity index (χ2n) is 6.57. The molecule has 0 unspecified atom stereocenters. The molecule has 0 saturated heterocycles. The summed E-state index contributed by atoms with van der Waals surface area (Å²) in [5.41, 5.74) is 0.823. The van der Waals surface area contributed by atoms with Gasteiger partial charge in [-0.2, -0.15) is 0 Å². The van der Waals surface area contributed by atoms with Crippen LogP contribution in [-0.2, 0) is 19.1 Å². The van der Waals surface area contributed by atoms with Crippen molar-refractivity contribution in [3.63, 3.8) is 0 Å². The van der Waals surface area contributed by atoms with E-state index in [4.69, 9.17) is 9.47 Å². The van der Waals surface area contributed by atoms with Gasteiger partial charge in [0.15, 0.2) is 12.4 Å². The lowest BCUT2D eigenvalue weighted by molar-refractivity contribution is -0.147. The maximum atomic E-state index is 12.0. The Balaban J connectivity index is 1.72. The first-order chi connectivity index (χ1) is 13.7. The molecule has 1 aromatic heterocycles. The van der Waals surface area contributed by atoms with Gasteiger partial charge >= 0.3 is 11.9 Å². The molecule has 7 nitrogen and oxygen atoms in total. The summed E-state index contributed by atoms with van der Waals surface area (Å²) in [6.45, 7) is 4.96. The van der Waals surface area contributed by atoms with Crippen molar-refractivity contribution in [2.75, 3.05) is 11.9 Å². The van der Waals surface area contributed by atoms with Crippen molar-refractivity contribution in [2.24, 2.45) is 0 Å². The number of thiophene rings is 1. The van der Waals surface area contributed by atoms with Crippen LogP contribution >= 0.6 is 11.3 Å². The molecule has 0 aliphatic rings. The number of ether oxygens (including phenoxy) is 2. The number of amides is 1. The Morgan fingerprint density at radius 3 is 2.28 bits per heavy atom. The monoisotopic (exact) mass is 417 g/mol. The van der Waals surface area contributed by atoms with E-state index in [1.807, 2.05) is 13.0 Å². The standard InChI is InChI=1S/C21H23NO6S/c1-13(2)28-21(26)15-5-7-16(8-6-15)22-19(24)12-27-20(25)11-9-17(23)18-10-4-14(3)29-18/h4-8,10,13H,9,11-12H2,1-3H3,(H,22,24). The highest BCUT2D eigenvalue weighted by Gasteiger charge is 2.14. The Hall–Kier alpha value is -3.00. The first-order valence-corrected chi connectivity index (χ1v) is 9.92. The van der Waals surface area contributed by atoms with Crippen molar-refractivity contribution < 1.29 is 28.7 Å². The number of benzene rings is 1. The van der Waals surface area contributed by atoms with E-state index in [0.717, 1.165) is 4.88 Å². The van der Waals surface area contributed by atoms with Crippen molar-refractivity contribution in [3.05, 3.63) is 51.7 Å². The third-order valence-electron chi connectivity index (χ3n) is 3.68. The summed E-state index contributed by atoms with van der Waals surface area (Å²) in [5, 5.41) is 2.56. The summed E-state index contributed by atoms with van der Waals surface area (Å²) in [4.78, 5) is 49.0. The fourth-order valence-electron chi connectivity index (χ4n) is 2.31. The van der Waals surface area contributed by atoms with Crippen LogP contribution in [0.15, 0.2) is 36.4 Å². The molecule has 0 fully saturated rings. The molecule has 2 rings (SSSR count). The predicted octanol–water partition coefficient (Wildman–Crippen LogP) is 3.77. The number of rotatable bonds is 9. The average Bonchev–Trinajstić information content (AvgIpc) is 3.11. The van der Waals surface area contributed by atoms with Crippen molar-refractivity contribution in [3.8, 4) is 0 Å². The Kier molecular flexibility index (Phi) is 8.09. The maximum Gasteiger partial charge on any atom is 0.338 e. The summed E-state index contributed by atoms with van der Waals surface area (Å²) in [6, 6.07) is 9.75. The summed E-state index contributed by atoms with van der Waals surface area (Å²) in [7, 11) is 0. The predicted molar refractivity (Wildman–Crippen MR) is 109 cm³/mol. The van der Waals surface area contributed by atoms with Crippen LogP contribution in [0.2, 0.25) is 0 Å². The van der Waals surface area contributed by atoms with Gasteiger partial charge in [0.1, 0.15) is 0 Å². The van der Waals surface area contributed by atoms with E-state index in [2.05, 4.69) is 5.32 Å². The fourth-order valence-corrected chi connectivity index (χ4v) is 3.15. The third kappa shape index (κ3) is 7.50. The summed E-state index contributed by atoms with van der Waals surface area (Å²) in [6.07, 6.45) is -0.273. The third-order valence-corrected chi connectivity index (χ3v) is 4.72. The molecule has 1 amide bonds. The van der Waals surface area contributed by atoms with Gasteiger partial charge in [0, 0.05) is 17.0 Å². The van der Waals surface area contributed by atoms with E-state index >= 15 is 0 Å². The van der Waals surface area contributed by atoms with Crippen molar-refractivity contribution in [1.82, 2.24) is 0 Å². The Morgan fingerprint density at radius 2 is 1.69 bits per heavy atom. The maximum absolute atomic E-state index is 12.0. The van der Waals surface area contributed by atoms with Crippen LogP contribution in [0.1, 0.15) is 51.6 Å². The minimum absolute atomic E-state index is 0.0361. The Bertz CT molecular complexity index is 885. The van der Waals surface area contributed by atoms with Gasteiger partial charge in [0.2, 0.25) is 0 Å². The van der Waals surface area contributed by atoms with Crippen LogP contribution in [0.5, 0.6) is 0 Å². The summed E-state index contributed by atoms with van der Waals surface area (Å²) < 4.78 is 9.98. The Morgan fingerprint density at radius 1 is 1.00 bits per heavy atom. The lowest BCUT2D eigenvalue weighted by atomic mass is 10.2. The van der Waals surface area contributed by atoms with Crippen LogP contribution in [-0.4, -0.2) is 36.3 Å². The number of carbonyl (C=O) groups excluding carboxylic acids is 4. The molecule has 8 heteroatoms. The first-order valence-electron chi connectivity index (χ1n) is 9.10. The van der Waals surface area contributed by atoms with Crippen LogP contribution < -0.4 is 5.32 Å². The average molecular weight is 417 g/mol. The summed E-state index contributed by atoms with van der Waals surface area (Å²) in [5.74, 6) is -1.70. The van der Waals surface area contributed by atoms with E-state index in [9.17, 15) is 19.2 Å². The molecule has 29 heavy (non-hydrogen) atoms. The lowest BCUT2D eigenvalue weighted by Gasteiger charge is -2.09. The highest BCUT2D eigenvalue weighted by atomic mass is 32.1. The molecule has 0 saturated carbocycles. The number of hydrogen-bond acceptors (Lipinski definition) is 7. The number of aryl methyl sites for hydroxylation is 1. The number of ketones is 1. The van der Waals surface area contributed by atoms with Gasteiger partial charge in [0.25, 0.3) is 5.91 Å². The molecule has 0 bridgehead atoms. The van der Waals surface area contributed by atoms with Crippen molar-refractivity contribution >= 4 is 40.7 Å². The molecule has 0 aliphatic heterocycles. The molecule has 1 N–H and O–H groups in total. The molecule has 154 valence electrons. The minimum Gasteiger partial charge on any atom is -0.459 e. The molecule has 1 heterocycles. The number of Topliss-reactive ketones (excluding diaryl/α,β-unsaturated/α-hetero) is 1.